The second kappa shape index (κ2) is 8.54. The molecule has 1 amide bonds. The van der Waals surface area contributed by atoms with Crippen LogP contribution < -0.4 is 15.4 Å². The zero-order valence-corrected chi connectivity index (χ0v) is 15.0. The van der Waals surface area contributed by atoms with Crippen molar-refractivity contribution in [1.29, 1.82) is 0 Å². The van der Waals surface area contributed by atoms with Crippen LogP contribution in [0.25, 0.3) is 0 Å². The third-order valence-electron chi connectivity index (χ3n) is 3.10. The van der Waals surface area contributed by atoms with Gasteiger partial charge in [-0.2, -0.15) is 0 Å². The molecule has 0 atom stereocenters. The Labute approximate surface area is 152 Å². The summed E-state index contributed by atoms with van der Waals surface area (Å²) in [5, 5.41) is 14.8. The van der Waals surface area contributed by atoms with Gasteiger partial charge in [-0.1, -0.05) is 23.1 Å². The van der Waals surface area contributed by atoms with E-state index in [0.29, 0.717) is 11.7 Å². The lowest BCUT2D eigenvalue weighted by Crippen LogP contribution is -2.13. The van der Waals surface area contributed by atoms with Crippen molar-refractivity contribution in [3.63, 3.8) is 0 Å². The normalized spacial score (nSPS) is 10.4. The van der Waals surface area contributed by atoms with Gasteiger partial charge in [-0.05, 0) is 36.4 Å². The number of aromatic nitrogens is 2. The fraction of sp³-hybridized carbons (Fsp3) is 0.188. The number of ether oxygens (including phenoxy) is 1. The molecule has 0 aliphatic heterocycles. The number of benzene rings is 1. The summed E-state index contributed by atoms with van der Waals surface area (Å²) in [5.41, 5.74) is 0.726. The van der Waals surface area contributed by atoms with Crippen molar-refractivity contribution >= 4 is 39.8 Å². The molecule has 25 heavy (non-hydrogen) atoms. The van der Waals surface area contributed by atoms with Gasteiger partial charge in [0.05, 0.1) is 25.7 Å². The quantitative estimate of drug-likeness (QED) is 0.582. The predicted molar refractivity (Wildman–Crippen MR) is 98.3 cm³/mol. The molecule has 0 saturated heterocycles. The maximum atomic E-state index is 12.0. The number of hydrogen-bond donors (Lipinski definition) is 2. The number of thioether (sulfide) groups is 1. The number of carbonyl (C=O) groups excluding carboxylic acids is 1. The molecule has 0 saturated carbocycles. The average Bonchev–Trinajstić information content (AvgIpc) is 3.30. The molecule has 0 aliphatic rings. The highest BCUT2D eigenvalue weighted by Crippen LogP contribution is 2.26. The van der Waals surface area contributed by atoms with E-state index in [1.807, 2.05) is 12.1 Å². The van der Waals surface area contributed by atoms with Gasteiger partial charge in [-0.25, -0.2) is 0 Å². The van der Waals surface area contributed by atoms with Crippen LogP contribution in [-0.2, 0) is 11.3 Å². The molecule has 0 bridgehead atoms. The third-order valence-corrected chi connectivity index (χ3v) is 5.12. The van der Waals surface area contributed by atoms with E-state index in [1.54, 1.807) is 37.6 Å². The maximum absolute atomic E-state index is 12.0. The molecule has 3 aromatic rings. The zero-order valence-electron chi connectivity index (χ0n) is 13.4. The summed E-state index contributed by atoms with van der Waals surface area (Å²) in [6.07, 6.45) is 1.62. The highest BCUT2D eigenvalue weighted by molar-refractivity contribution is 8.01. The first-order chi connectivity index (χ1) is 12.2. The average molecular weight is 376 g/mol. The van der Waals surface area contributed by atoms with Crippen LogP contribution >= 0.6 is 23.1 Å². The lowest BCUT2D eigenvalue weighted by molar-refractivity contribution is -0.113. The lowest BCUT2D eigenvalue weighted by Gasteiger charge is -2.05. The minimum absolute atomic E-state index is 0.101. The highest BCUT2D eigenvalue weighted by atomic mass is 32.2. The molecule has 0 fully saturated rings. The number of nitrogens with one attached hydrogen (secondary N) is 2. The number of rotatable bonds is 8. The van der Waals surface area contributed by atoms with Crippen LogP contribution in [0, 0.1) is 0 Å². The van der Waals surface area contributed by atoms with Crippen LogP contribution in [0.2, 0.25) is 0 Å². The first-order valence-electron chi connectivity index (χ1n) is 7.39. The Kier molecular flexibility index (Phi) is 5.91. The second-order valence-corrected chi connectivity index (χ2v) is 7.07. The minimum atomic E-state index is -0.101. The van der Waals surface area contributed by atoms with Gasteiger partial charge in [-0.15, -0.1) is 10.2 Å². The summed E-state index contributed by atoms with van der Waals surface area (Å²) in [4.78, 5) is 12.0. The zero-order chi connectivity index (χ0) is 17.5. The van der Waals surface area contributed by atoms with E-state index in [1.165, 1.54) is 23.1 Å². The summed E-state index contributed by atoms with van der Waals surface area (Å²) in [6, 6.07) is 10.9. The van der Waals surface area contributed by atoms with Crippen LogP contribution in [0.3, 0.4) is 0 Å². The number of furan rings is 1. The Bertz CT molecular complexity index is 803. The maximum Gasteiger partial charge on any atom is 0.234 e. The van der Waals surface area contributed by atoms with Crippen molar-refractivity contribution in [2.75, 3.05) is 23.5 Å². The number of methoxy groups -OCH3 is 1. The van der Waals surface area contributed by atoms with E-state index in [9.17, 15) is 4.79 Å². The summed E-state index contributed by atoms with van der Waals surface area (Å²) < 4.78 is 11.1. The van der Waals surface area contributed by atoms with Crippen molar-refractivity contribution in [2.45, 2.75) is 10.9 Å². The molecular weight excluding hydrogens is 360 g/mol. The molecule has 130 valence electrons. The molecule has 1 aromatic carbocycles. The van der Waals surface area contributed by atoms with Crippen molar-refractivity contribution in [1.82, 2.24) is 10.2 Å². The van der Waals surface area contributed by atoms with Crippen molar-refractivity contribution in [3.05, 3.63) is 48.4 Å². The van der Waals surface area contributed by atoms with Crippen LogP contribution in [0.1, 0.15) is 5.76 Å². The Morgan fingerprint density at radius 2 is 2.12 bits per heavy atom. The molecule has 2 aromatic heterocycles. The molecule has 3 rings (SSSR count). The first-order valence-corrected chi connectivity index (χ1v) is 9.19. The van der Waals surface area contributed by atoms with Crippen molar-refractivity contribution in [2.24, 2.45) is 0 Å². The van der Waals surface area contributed by atoms with Gasteiger partial charge in [0.15, 0.2) is 4.34 Å². The van der Waals surface area contributed by atoms with Crippen molar-refractivity contribution in [3.8, 4) is 5.75 Å². The third kappa shape index (κ3) is 5.23. The largest absolute Gasteiger partial charge is 0.497 e. The Morgan fingerprint density at radius 1 is 1.28 bits per heavy atom. The van der Waals surface area contributed by atoms with Gasteiger partial charge < -0.3 is 19.8 Å². The van der Waals surface area contributed by atoms with Gasteiger partial charge in [0.2, 0.25) is 11.0 Å². The fourth-order valence-electron chi connectivity index (χ4n) is 1.91. The molecule has 2 heterocycles. The van der Waals surface area contributed by atoms with E-state index in [0.717, 1.165) is 21.5 Å². The Balaban J connectivity index is 1.43. The van der Waals surface area contributed by atoms with Gasteiger partial charge in [0, 0.05) is 5.69 Å². The summed E-state index contributed by atoms with van der Waals surface area (Å²) in [5.74, 6) is 1.73. The smallest absolute Gasteiger partial charge is 0.234 e. The minimum Gasteiger partial charge on any atom is -0.497 e. The number of amides is 1. The lowest BCUT2D eigenvalue weighted by atomic mass is 10.3. The highest BCUT2D eigenvalue weighted by Gasteiger charge is 2.09. The number of anilines is 2. The Morgan fingerprint density at radius 3 is 2.84 bits per heavy atom. The molecule has 0 spiro atoms. The number of hydrogen-bond acceptors (Lipinski definition) is 8. The summed E-state index contributed by atoms with van der Waals surface area (Å²) in [6.45, 7) is 0.546. The van der Waals surface area contributed by atoms with E-state index < -0.39 is 0 Å². The summed E-state index contributed by atoms with van der Waals surface area (Å²) in [7, 11) is 1.60. The molecule has 0 radical (unpaired) electrons. The monoisotopic (exact) mass is 376 g/mol. The fourth-order valence-corrected chi connectivity index (χ4v) is 3.46. The van der Waals surface area contributed by atoms with Gasteiger partial charge in [0.1, 0.15) is 11.5 Å². The molecule has 0 aliphatic carbocycles. The number of carbonyl (C=O) groups is 1. The van der Waals surface area contributed by atoms with Crippen LogP contribution in [0.5, 0.6) is 5.75 Å². The van der Waals surface area contributed by atoms with E-state index >= 15 is 0 Å². The SMILES string of the molecule is COc1ccc(NC(=O)CSc2nnc(NCc3ccco3)s2)cc1. The number of nitrogens with zero attached hydrogens (tertiary/aromatic N) is 2. The topological polar surface area (TPSA) is 89.3 Å². The Hall–Kier alpha value is -2.52. The van der Waals surface area contributed by atoms with E-state index in [2.05, 4.69) is 20.8 Å². The standard InChI is InChI=1S/C16H16N4O3S2/c1-22-12-6-4-11(5-7-12)18-14(21)10-24-16-20-19-15(25-16)17-9-13-3-2-8-23-13/h2-8H,9-10H2,1H3,(H,17,19)(H,18,21). The van der Waals surface area contributed by atoms with Crippen molar-refractivity contribution < 1.29 is 13.9 Å². The van der Waals surface area contributed by atoms with E-state index in [-0.39, 0.29) is 11.7 Å². The molecular formula is C16H16N4O3S2. The molecule has 7 nitrogen and oxygen atoms in total. The first kappa shape index (κ1) is 17.3. The molecule has 2 N–H and O–H groups in total. The van der Waals surface area contributed by atoms with E-state index in [4.69, 9.17) is 9.15 Å². The summed E-state index contributed by atoms with van der Waals surface area (Å²) >= 11 is 2.74. The van der Waals surface area contributed by atoms with Crippen LogP contribution in [0.15, 0.2) is 51.4 Å². The predicted octanol–water partition coefficient (Wildman–Crippen LogP) is 3.48. The molecule has 0 unspecified atom stereocenters. The van der Waals surface area contributed by atoms with Gasteiger partial charge in [-0.3, -0.25) is 4.79 Å². The van der Waals surface area contributed by atoms with Crippen LogP contribution in [0.4, 0.5) is 10.8 Å². The van der Waals surface area contributed by atoms with Gasteiger partial charge >= 0.3 is 0 Å². The molecule has 9 heteroatoms. The second-order valence-electron chi connectivity index (χ2n) is 4.87. The van der Waals surface area contributed by atoms with Gasteiger partial charge in [0.25, 0.3) is 0 Å². The van der Waals surface area contributed by atoms with Crippen LogP contribution in [-0.4, -0.2) is 29.0 Å².